The van der Waals surface area contributed by atoms with Crippen LogP contribution in [0.4, 0.5) is 0 Å². The average molecular weight is 560 g/mol. The van der Waals surface area contributed by atoms with Crippen molar-refractivity contribution in [2.75, 3.05) is 6.54 Å². The van der Waals surface area contributed by atoms with Crippen LogP contribution in [-0.4, -0.2) is 41.3 Å². The molecule has 7 rings (SSSR count). The Morgan fingerprint density at radius 2 is 1.78 bits per heavy atom. The molecule has 5 fully saturated rings. The molecule has 0 unspecified atom stereocenters. The number of esters is 1. The van der Waals surface area contributed by atoms with Gasteiger partial charge in [0.05, 0.1) is 11.7 Å². The highest BCUT2D eigenvalue weighted by atomic mass is 16.5. The second-order valence-corrected chi connectivity index (χ2v) is 15.3. The molecule has 5 heteroatoms. The van der Waals surface area contributed by atoms with E-state index in [1.165, 1.54) is 18.4 Å². The highest BCUT2D eigenvalue weighted by Crippen LogP contribution is 2.70. The predicted octanol–water partition coefficient (Wildman–Crippen LogP) is 7.41. The Morgan fingerprint density at radius 1 is 1.00 bits per heavy atom. The van der Waals surface area contributed by atoms with Crippen molar-refractivity contribution in [3.8, 4) is 0 Å². The number of nitrogens with zero attached hydrogens (tertiary/aromatic N) is 1. The molecule has 222 valence electrons. The van der Waals surface area contributed by atoms with Crippen LogP contribution in [0.5, 0.6) is 0 Å². The number of fused-ring (bicyclic) bond motifs is 7. The summed E-state index contributed by atoms with van der Waals surface area (Å²) in [6, 6.07) is 9.41. The molecule has 0 N–H and O–H groups in total. The molecule has 4 aliphatic carbocycles. The summed E-state index contributed by atoms with van der Waals surface area (Å²) >= 11 is 0. The number of rotatable bonds is 2. The lowest BCUT2D eigenvalue weighted by Crippen LogP contribution is -2.60. The van der Waals surface area contributed by atoms with Crippen LogP contribution in [0.3, 0.4) is 0 Å². The minimum atomic E-state index is -0.403. The van der Waals surface area contributed by atoms with Crippen LogP contribution < -0.4 is 0 Å². The topological polar surface area (TPSA) is 55.8 Å². The van der Waals surface area contributed by atoms with Gasteiger partial charge < -0.3 is 14.4 Å². The smallest absolute Gasteiger partial charge is 0.338 e. The molecule has 1 amide bonds. The second-order valence-electron chi connectivity index (χ2n) is 15.3. The second kappa shape index (κ2) is 9.69. The maximum absolute atomic E-state index is 12.9. The fourth-order valence-electron chi connectivity index (χ4n) is 11.4. The summed E-state index contributed by atoms with van der Waals surface area (Å²) in [5, 5.41) is 0. The Labute approximate surface area is 246 Å². The Hall–Kier alpha value is -2.14. The third-order valence-corrected chi connectivity index (χ3v) is 13.4. The van der Waals surface area contributed by atoms with E-state index in [9.17, 15) is 9.59 Å². The molecule has 5 nitrogen and oxygen atoms in total. The van der Waals surface area contributed by atoms with Crippen molar-refractivity contribution in [2.45, 2.75) is 110 Å². The lowest BCUT2D eigenvalue weighted by Gasteiger charge is -2.59. The largest absolute Gasteiger partial charge is 0.458 e. The van der Waals surface area contributed by atoms with Gasteiger partial charge in [-0.2, -0.15) is 0 Å². The van der Waals surface area contributed by atoms with Gasteiger partial charge >= 0.3 is 5.97 Å². The van der Waals surface area contributed by atoms with Gasteiger partial charge in [-0.25, -0.2) is 4.79 Å². The summed E-state index contributed by atoms with van der Waals surface area (Å²) in [5.41, 5.74) is 2.25. The Balaban J connectivity index is 1.09. The van der Waals surface area contributed by atoms with Crippen molar-refractivity contribution in [1.29, 1.82) is 0 Å². The zero-order valence-electron chi connectivity index (χ0n) is 25.7. The van der Waals surface area contributed by atoms with E-state index < -0.39 is 5.72 Å². The van der Waals surface area contributed by atoms with Gasteiger partial charge in [-0.05, 0) is 104 Å². The van der Waals surface area contributed by atoms with Crippen LogP contribution in [-0.2, 0) is 14.3 Å². The van der Waals surface area contributed by atoms with Crippen LogP contribution in [0.15, 0.2) is 42.0 Å². The van der Waals surface area contributed by atoms with Gasteiger partial charge in [0, 0.05) is 25.8 Å². The normalized spacial score (nSPS) is 46.7. The molecule has 1 aromatic carbocycles. The van der Waals surface area contributed by atoms with Crippen LogP contribution in [0, 0.1) is 46.3 Å². The maximum atomic E-state index is 12.9. The first-order valence-corrected chi connectivity index (χ1v) is 16.5. The van der Waals surface area contributed by atoms with Gasteiger partial charge in [0.25, 0.3) is 0 Å². The van der Waals surface area contributed by atoms with Crippen LogP contribution in [0.25, 0.3) is 0 Å². The first kappa shape index (κ1) is 27.7. The van der Waals surface area contributed by atoms with Crippen molar-refractivity contribution in [3.05, 3.63) is 47.5 Å². The SMILES string of the molecule is CC(=O)N1C[C@H](C)CC[C@]12O[C@@H]1C[C@@H]3[C@@H]4CC=C5C[C@H](OC(=O)c6ccccc6)CC[C@]5(C)[C@@H]4CC[C@]3(C)[C@H]1[C@H]2C. The number of hydrogen-bond donors (Lipinski definition) is 0. The summed E-state index contributed by atoms with van der Waals surface area (Å²) in [6.45, 7) is 12.4. The van der Waals surface area contributed by atoms with E-state index in [0.29, 0.717) is 41.1 Å². The quantitative estimate of drug-likeness (QED) is 0.280. The number of carbonyl (C=O) groups excluding carboxylic acids is 2. The number of amides is 1. The third kappa shape index (κ3) is 4.03. The lowest BCUT2D eigenvalue weighted by molar-refractivity contribution is -0.200. The number of benzene rings is 1. The Kier molecular flexibility index (Phi) is 6.54. The average Bonchev–Trinajstić information content (AvgIpc) is 3.40. The van der Waals surface area contributed by atoms with E-state index in [0.717, 1.165) is 51.5 Å². The van der Waals surface area contributed by atoms with Crippen molar-refractivity contribution in [1.82, 2.24) is 4.90 Å². The summed E-state index contributed by atoms with van der Waals surface area (Å²) < 4.78 is 13.2. The lowest BCUT2D eigenvalue weighted by atomic mass is 9.46. The van der Waals surface area contributed by atoms with Crippen LogP contribution in [0.1, 0.15) is 103 Å². The molecular formula is C36H49NO4. The van der Waals surface area contributed by atoms with Crippen molar-refractivity contribution >= 4 is 11.9 Å². The van der Waals surface area contributed by atoms with Crippen LogP contribution >= 0.6 is 0 Å². The molecule has 11 atom stereocenters. The Morgan fingerprint density at radius 3 is 2.54 bits per heavy atom. The van der Waals surface area contributed by atoms with E-state index in [-0.39, 0.29) is 34.9 Å². The zero-order valence-corrected chi connectivity index (χ0v) is 25.7. The minimum Gasteiger partial charge on any atom is -0.458 e. The van der Waals surface area contributed by atoms with Crippen molar-refractivity contribution < 1.29 is 19.1 Å². The van der Waals surface area contributed by atoms with Crippen molar-refractivity contribution in [2.24, 2.45) is 46.3 Å². The summed E-state index contributed by atoms with van der Waals surface area (Å²) in [5.74, 6) is 3.48. The number of likely N-dealkylation sites (tertiary alicyclic amines) is 1. The molecular weight excluding hydrogens is 510 g/mol. The molecule has 41 heavy (non-hydrogen) atoms. The fraction of sp³-hybridized carbons (Fsp3) is 0.722. The molecule has 6 aliphatic rings. The first-order valence-electron chi connectivity index (χ1n) is 16.5. The fourth-order valence-corrected chi connectivity index (χ4v) is 11.4. The molecule has 0 bridgehead atoms. The number of carbonyl (C=O) groups is 2. The van der Waals surface area contributed by atoms with E-state index >= 15 is 0 Å². The molecule has 2 saturated heterocycles. The van der Waals surface area contributed by atoms with E-state index in [1.54, 1.807) is 6.92 Å². The number of piperidine rings is 1. The zero-order chi connectivity index (χ0) is 28.7. The third-order valence-electron chi connectivity index (χ3n) is 13.4. The van der Waals surface area contributed by atoms with E-state index in [4.69, 9.17) is 9.47 Å². The van der Waals surface area contributed by atoms with E-state index in [1.807, 2.05) is 30.3 Å². The maximum Gasteiger partial charge on any atom is 0.338 e. The molecule has 1 spiro atoms. The van der Waals surface area contributed by atoms with Gasteiger partial charge in [0.2, 0.25) is 5.91 Å². The number of allylic oxidation sites excluding steroid dienone is 1. The van der Waals surface area contributed by atoms with Crippen molar-refractivity contribution in [3.63, 3.8) is 0 Å². The van der Waals surface area contributed by atoms with Gasteiger partial charge in [-0.3, -0.25) is 4.79 Å². The standard InChI is InChI=1S/C36H49NO4/c1-22-13-18-36(37(21-22)24(3)38)23(2)32-31(41-36)20-30-28-12-11-26-19-27(40-33(39)25-9-7-6-8-10-25)14-16-34(26,4)29(28)15-17-35(30,32)5/h6-11,22-23,27-32H,12-21H2,1-5H3/t22-,23-,27-,28-,29-,30-,31-,32+,34+,35+,36-/m1/s1. The van der Waals surface area contributed by atoms with Gasteiger partial charge in [0.15, 0.2) is 0 Å². The minimum absolute atomic E-state index is 0.0221. The molecule has 0 radical (unpaired) electrons. The molecule has 1 aromatic rings. The van der Waals surface area contributed by atoms with Gasteiger partial charge in [0.1, 0.15) is 11.8 Å². The van der Waals surface area contributed by atoms with E-state index in [2.05, 4.69) is 38.7 Å². The number of hydrogen-bond acceptors (Lipinski definition) is 4. The molecule has 2 aliphatic heterocycles. The van der Waals surface area contributed by atoms with Gasteiger partial charge in [-0.15, -0.1) is 0 Å². The van der Waals surface area contributed by atoms with Gasteiger partial charge in [-0.1, -0.05) is 57.5 Å². The number of ether oxygens (including phenoxy) is 2. The Bertz CT molecular complexity index is 1240. The predicted molar refractivity (Wildman–Crippen MR) is 159 cm³/mol. The summed E-state index contributed by atoms with van der Waals surface area (Å²) in [4.78, 5) is 27.7. The molecule has 3 saturated carbocycles. The monoisotopic (exact) mass is 559 g/mol. The summed E-state index contributed by atoms with van der Waals surface area (Å²) in [7, 11) is 0. The highest BCUT2D eigenvalue weighted by Gasteiger charge is 2.69. The summed E-state index contributed by atoms with van der Waals surface area (Å²) in [6.07, 6.45) is 12.7. The molecule has 0 aromatic heterocycles. The molecule has 2 heterocycles. The first-order chi connectivity index (χ1) is 19.6. The highest BCUT2D eigenvalue weighted by molar-refractivity contribution is 5.89. The van der Waals surface area contributed by atoms with Crippen LogP contribution in [0.2, 0.25) is 0 Å².